The number of carbonyl (C=O) groups is 1. The third-order valence-corrected chi connectivity index (χ3v) is 7.29. The lowest BCUT2D eigenvalue weighted by Gasteiger charge is -2.30. The maximum Gasteiger partial charge on any atom is 0.256 e. The van der Waals surface area contributed by atoms with Crippen LogP contribution in [0.2, 0.25) is 0 Å². The fourth-order valence-electron chi connectivity index (χ4n) is 5.28. The van der Waals surface area contributed by atoms with Crippen molar-refractivity contribution >= 4 is 30.1 Å². The highest BCUT2D eigenvalue weighted by Gasteiger charge is 2.25. The van der Waals surface area contributed by atoms with Crippen LogP contribution >= 0.6 is 12.4 Å². The molecule has 0 radical (unpaired) electrons. The molecule has 0 aliphatic heterocycles. The molecule has 38 heavy (non-hydrogen) atoms. The first kappa shape index (κ1) is 27.6. The molecular weight excluding hydrogens is 500 g/mol. The highest BCUT2D eigenvalue weighted by Crippen LogP contribution is 2.30. The van der Waals surface area contributed by atoms with Crippen LogP contribution in [0.1, 0.15) is 60.1 Å². The van der Waals surface area contributed by atoms with Crippen LogP contribution in [0.4, 0.5) is 11.8 Å². The van der Waals surface area contributed by atoms with Gasteiger partial charge in [-0.2, -0.15) is 4.98 Å². The van der Waals surface area contributed by atoms with E-state index >= 15 is 0 Å². The molecule has 2 heterocycles. The predicted octanol–water partition coefficient (Wildman–Crippen LogP) is 5.43. The average molecular weight is 537 g/mol. The second-order valence-corrected chi connectivity index (χ2v) is 10.2. The average Bonchev–Trinajstić information content (AvgIpc) is 2.93. The molecule has 0 saturated heterocycles. The van der Waals surface area contributed by atoms with Crippen LogP contribution in [-0.4, -0.2) is 47.5 Å². The van der Waals surface area contributed by atoms with E-state index < -0.39 is 0 Å². The lowest BCUT2D eigenvalue weighted by Crippen LogP contribution is -2.34. The standard InChI is InChI=1S/C29H36N6O2.ClH/c1-35(2)26-23-11-6-7-13-25(23)33-29(34-26)32-21-16-14-20(15-17-21)19-31-27(36)24-12-8-18-30-28(24)37-22-9-4-3-5-10-22;/h3-5,8-10,12,18,20-21H,6-7,11,13-17,19H2,1-2H3,(H,31,36)(H,32,33,34);1H/t20-,21+;. The molecule has 1 fully saturated rings. The molecule has 0 atom stereocenters. The smallest absolute Gasteiger partial charge is 0.256 e. The van der Waals surface area contributed by atoms with Crippen LogP contribution in [0.3, 0.4) is 0 Å². The van der Waals surface area contributed by atoms with E-state index in [1.165, 1.54) is 24.1 Å². The van der Waals surface area contributed by atoms with Crippen LogP contribution in [0.5, 0.6) is 11.6 Å². The molecule has 2 N–H and O–H groups in total. The number of amides is 1. The molecule has 3 aromatic rings. The summed E-state index contributed by atoms with van der Waals surface area (Å²) in [6, 6.07) is 13.3. The Morgan fingerprint density at radius 1 is 1.00 bits per heavy atom. The lowest BCUT2D eigenvalue weighted by atomic mass is 9.86. The fourth-order valence-corrected chi connectivity index (χ4v) is 5.28. The minimum Gasteiger partial charge on any atom is -0.438 e. The molecule has 8 nitrogen and oxygen atoms in total. The number of anilines is 2. The van der Waals surface area contributed by atoms with Gasteiger partial charge in [0.2, 0.25) is 11.8 Å². The Bertz CT molecular complexity index is 1210. The first-order valence-corrected chi connectivity index (χ1v) is 13.4. The first-order valence-electron chi connectivity index (χ1n) is 13.4. The van der Waals surface area contributed by atoms with E-state index in [1.807, 2.05) is 30.3 Å². The van der Waals surface area contributed by atoms with E-state index in [1.54, 1.807) is 18.3 Å². The number of nitrogens with zero attached hydrogens (tertiary/aromatic N) is 4. The molecule has 2 aromatic heterocycles. The second-order valence-electron chi connectivity index (χ2n) is 10.2. The van der Waals surface area contributed by atoms with Gasteiger partial charge >= 0.3 is 0 Å². The van der Waals surface area contributed by atoms with Crippen molar-refractivity contribution in [2.45, 2.75) is 57.4 Å². The number of fused-ring (bicyclic) bond motifs is 1. The third-order valence-electron chi connectivity index (χ3n) is 7.29. The van der Waals surface area contributed by atoms with Crippen molar-refractivity contribution in [2.24, 2.45) is 5.92 Å². The van der Waals surface area contributed by atoms with Gasteiger partial charge < -0.3 is 20.3 Å². The Balaban J connectivity index is 0.00000336. The summed E-state index contributed by atoms with van der Waals surface area (Å²) < 4.78 is 5.86. The molecular formula is C29H37ClN6O2. The minimum atomic E-state index is -0.155. The van der Waals surface area contributed by atoms with Crippen molar-refractivity contribution in [2.75, 3.05) is 30.9 Å². The summed E-state index contributed by atoms with van der Waals surface area (Å²) in [6.45, 7) is 0.644. The normalized spacial score (nSPS) is 18.5. The number of aromatic nitrogens is 3. The number of aryl methyl sites for hydroxylation is 1. The molecule has 0 spiro atoms. The van der Waals surface area contributed by atoms with Crippen LogP contribution in [0.25, 0.3) is 0 Å². The lowest BCUT2D eigenvalue weighted by molar-refractivity contribution is 0.0940. The van der Waals surface area contributed by atoms with Gasteiger partial charge in [0.05, 0.1) is 5.69 Å². The summed E-state index contributed by atoms with van der Waals surface area (Å²) in [6.07, 6.45) is 10.3. The maximum absolute atomic E-state index is 12.9. The van der Waals surface area contributed by atoms with Crippen molar-refractivity contribution in [1.29, 1.82) is 0 Å². The number of pyridine rings is 1. The quantitative estimate of drug-likeness (QED) is 0.396. The highest BCUT2D eigenvalue weighted by atomic mass is 35.5. The predicted molar refractivity (Wildman–Crippen MR) is 153 cm³/mol. The van der Waals surface area contributed by atoms with Gasteiger partial charge in [-0.3, -0.25) is 4.79 Å². The zero-order valence-corrected chi connectivity index (χ0v) is 23.0. The number of nitrogens with one attached hydrogen (secondary N) is 2. The van der Waals surface area contributed by atoms with E-state index in [2.05, 4.69) is 34.6 Å². The van der Waals surface area contributed by atoms with Gasteiger partial charge in [0, 0.05) is 38.4 Å². The highest BCUT2D eigenvalue weighted by molar-refractivity contribution is 5.96. The maximum atomic E-state index is 12.9. The molecule has 2 aliphatic carbocycles. The van der Waals surface area contributed by atoms with Gasteiger partial charge in [-0.05, 0) is 81.5 Å². The summed E-state index contributed by atoms with van der Waals surface area (Å²) in [4.78, 5) is 29.1. The number of hydrogen-bond donors (Lipinski definition) is 2. The van der Waals surface area contributed by atoms with Gasteiger partial charge in [0.15, 0.2) is 0 Å². The van der Waals surface area contributed by atoms with E-state index in [0.717, 1.165) is 50.3 Å². The molecule has 5 rings (SSSR count). The molecule has 1 saturated carbocycles. The van der Waals surface area contributed by atoms with Gasteiger partial charge in [0.25, 0.3) is 5.91 Å². The first-order chi connectivity index (χ1) is 18.1. The van der Waals surface area contributed by atoms with Crippen LogP contribution in [0, 0.1) is 5.92 Å². The monoisotopic (exact) mass is 536 g/mol. The van der Waals surface area contributed by atoms with Crippen molar-refractivity contribution in [3.05, 3.63) is 65.5 Å². The van der Waals surface area contributed by atoms with Crippen LogP contribution < -0.4 is 20.3 Å². The molecule has 1 amide bonds. The largest absolute Gasteiger partial charge is 0.438 e. The Morgan fingerprint density at radius 3 is 2.53 bits per heavy atom. The number of carbonyl (C=O) groups excluding carboxylic acids is 1. The van der Waals surface area contributed by atoms with Gasteiger partial charge in [-0.1, -0.05) is 18.2 Å². The Hall–Kier alpha value is -3.39. The number of benzene rings is 1. The van der Waals surface area contributed by atoms with Gasteiger partial charge in [-0.15, -0.1) is 12.4 Å². The SMILES string of the molecule is CN(C)c1nc(N[C@H]2CC[C@@H](CNC(=O)c3cccnc3Oc3ccccc3)CC2)nc2c1CCCC2.Cl. The van der Waals surface area contributed by atoms with E-state index in [9.17, 15) is 4.79 Å². The number of rotatable bonds is 8. The molecule has 0 bridgehead atoms. The van der Waals surface area contributed by atoms with E-state index in [0.29, 0.717) is 35.7 Å². The molecule has 0 unspecified atom stereocenters. The zero-order chi connectivity index (χ0) is 25.6. The Morgan fingerprint density at radius 2 is 1.76 bits per heavy atom. The minimum absolute atomic E-state index is 0. The second kappa shape index (κ2) is 12.9. The van der Waals surface area contributed by atoms with Gasteiger partial charge in [0.1, 0.15) is 17.1 Å². The summed E-state index contributed by atoms with van der Waals surface area (Å²) in [7, 11) is 4.12. The fraction of sp³-hybridized carbons (Fsp3) is 0.448. The van der Waals surface area contributed by atoms with Crippen molar-refractivity contribution < 1.29 is 9.53 Å². The van der Waals surface area contributed by atoms with Crippen LogP contribution in [-0.2, 0) is 12.8 Å². The number of ether oxygens (including phenoxy) is 1. The molecule has 2 aliphatic rings. The topological polar surface area (TPSA) is 92.3 Å². The van der Waals surface area contributed by atoms with E-state index in [4.69, 9.17) is 14.7 Å². The Kier molecular flexibility index (Phi) is 9.39. The third kappa shape index (κ3) is 6.72. The van der Waals surface area contributed by atoms with E-state index in [-0.39, 0.29) is 18.3 Å². The van der Waals surface area contributed by atoms with Crippen molar-refractivity contribution in [1.82, 2.24) is 20.3 Å². The summed E-state index contributed by atoms with van der Waals surface area (Å²) >= 11 is 0. The van der Waals surface area contributed by atoms with Crippen molar-refractivity contribution in [3.63, 3.8) is 0 Å². The van der Waals surface area contributed by atoms with Crippen molar-refractivity contribution in [3.8, 4) is 11.6 Å². The summed E-state index contributed by atoms with van der Waals surface area (Å²) in [5.41, 5.74) is 2.96. The number of halogens is 1. The summed E-state index contributed by atoms with van der Waals surface area (Å²) in [5.74, 6) is 3.07. The Labute approximate surface area is 231 Å². The number of hydrogen-bond acceptors (Lipinski definition) is 7. The zero-order valence-electron chi connectivity index (χ0n) is 22.2. The molecule has 202 valence electrons. The molecule has 1 aromatic carbocycles. The van der Waals surface area contributed by atoms with Gasteiger partial charge in [-0.25, -0.2) is 9.97 Å². The summed E-state index contributed by atoms with van der Waals surface area (Å²) in [5, 5.41) is 6.71. The van der Waals surface area contributed by atoms with Crippen LogP contribution in [0.15, 0.2) is 48.7 Å². The number of para-hydroxylation sites is 1. The molecule has 9 heteroatoms.